The molecule has 1 aromatic heterocycles. The van der Waals surface area contributed by atoms with Gasteiger partial charge in [-0.05, 0) is 43.7 Å². The number of esters is 1. The number of rotatable bonds is 7. The first kappa shape index (κ1) is 20.6. The molecule has 0 spiro atoms. The molecule has 2 aromatic carbocycles. The third-order valence-electron chi connectivity index (χ3n) is 4.47. The van der Waals surface area contributed by atoms with E-state index in [4.69, 9.17) is 21.1 Å². The summed E-state index contributed by atoms with van der Waals surface area (Å²) in [5.74, 6) is -0.355. The van der Waals surface area contributed by atoms with Crippen LogP contribution in [0.25, 0.3) is 0 Å². The van der Waals surface area contributed by atoms with E-state index in [1.807, 2.05) is 30.3 Å². The molecular formula is C22H21ClN2O4. The van der Waals surface area contributed by atoms with E-state index in [2.05, 4.69) is 5.10 Å². The van der Waals surface area contributed by atoms with Gasteiger partial charge in [0, 0.05) is 5.56 Å². The third-order valence-corrected chi connectivity index (χ3v) is 4.86. The maximum Gasteiger partial charge on any atom is 0.343 e. The number of ketones is 1. The summed E-state index contributed by atoms with van der Waals surface area (Å²) in [6.07, 6.45) is -0.969. The summed E-state index contributed by atoms with van der Waals surface area (Å²) in [7, 11) is 1.55. The highest BCUT2D eigenvalue weighted by Crippen LogP contribution is 2.23. The number of hydrogen-bond acceptors (Lipinski definition) is 5. The minimum atomic E-state index is -0.969. The Bertz CT molecular complexity index is 1010. The monoisotopic (exact) mass is 412 g/mol. The molecule has 0 aliphatic rings. The minimum absolute atomic E-state index is 0.164. The van der Waals surface area contributed by atoms with Crippen LogP contribution in [0, 0.1) is 6.92 Å². The predicted molar refractivity (Wildman–Crippen MR) is 110 cm³/mol. The molecule has 29 heavy (non-hydrogen) atoms. The average molecular weight is 413 g/mol. The van der Waals surface area contributed by atoms with Gasteiger partial charge < -0.3 is 9.47 Å². The van der Waals surface area contributed by atoms with E-state index in [-0.39, 0.29) is 16.5 Å². The topological polar surface area (TPSA) is 70.4 Å². The average Bonchev–Trinajstić information content (AvgIpc) is 3.01. The van der Waals surface area contributed by atoms with Crippen molar-refractivity contribution < 1.29 is 19.1 Å². The first-order valence-corrected chi connectivity index (χ1v) is 9.44. The maximum absolute atomic E-state index is 12.7. The van der Waals surface area contributed by atoms with Crippen molar-refractivity contribution in [2.24, 2.45) is 0 Å². The lowest BCUT2D eigenvalue weighted by atomic mass is 10.1. The van der Waals surface area contributed by atoms with Crippen LogP contribution in [0.5, 0.6) is 5.75 Å². The molecule has 0 amide bonds. The van der Waals surface area contributed by atoms with Gasteiger partial charge in [0.15, 0.2) is 6.10 Å². The molecule has 0 saturated carbocycles. The first-order valence-electron chi connectivity index (χ1n) is 9.06. The molecule has 0 radical (unpaired) electrons. The molecule has 3 rings (SSSR count). The molecule has 0 unspecified atom stereocenters. The second-order valence-electron chi connectivity index (χ2n) is 6.53. The van der Waals surface area contributed by atoms with Gasteiger partial charge in [-0.15, -0.1) is 0 Å². The Morgan fingerprint density at radius 3 is 2.38 bits per heavy atom. The van der Waals surface area contributed by atoms with E-state index >= 15 is 0 Å². The van der Waals surface area contributed by atoms with Gasteiger partial charge >= 0.3 is 5.97 Å². The molecule has 0 aliphatic carbocycles. The van der Waals surface area contributed by atoms with Crippen LogP contribution in [-0.4, -0.2) is 34.7 Å². The SMILES string of the molecule is COc1ccc(C(=O)[C@@H](C)OC(=O)c2c(C)nn(Cc3ccccc3)c2Cl)cc1. The molecular weight excluding hydrogens is 392 g/mol. The highest BCUT2D eigenvalue weighted by atomic mass is 35.5. The Hall–Kier alpha value is -3.12. The molecule has 0 aliphatic heterocycles. The van der Waals surface area contributed by atoms with E-state index in [1.165, 1.54) is 6.92 Å². The molecule has 6 nitrogen and oxygen atoms in total. The van der Waals surface area contributed by atoms with Crippen LogP contribution in [0.4, 0.5) is 0 Å². The van der Waals surface area contributed by atoms with E-state index in [0.717, 1.165) is 5.56 Å². The third kappa shape index (κ3) is 4.66. The molecule has 150 valence electrons. The van der Waals surface area contributed by atoms with Crippen LogP contribution in [0.3, 0.4) is 0 Å². The normalized spacial score (nSPS) is 11.7. The molecule has 1 heterocycles. The smallest absolute Gasteiger partial charge is 0.343 e. The number of carbonyl (C=O) groups excluding carboxylic acids is 2. The number of hydrogen-bond donors (Lipinski definition) is 0. The number of halogens is 1. The van der Waals surface area contributed by atoms with Gasteiger partial charge in [0.25, 0.3) is 0 Å². The van der Waals surface area contributed by atoms with E-state index < -0.39 is 12.1 Å². The van der Waals surface area contributed by atoms with Gasteiger partial charge in [0.2, 0.25) is 5.78 Å². The zero-order valence-electron chi connectivity index (χ0n) is 16.4. The van der Waals surface area contributed by atoms with Crippen molar-refractivity contribution in [3.63, 3.8) is 0 Å². The van der Waals surface area contributed by atoms with Crippen molar-refractivity contribution in [2.45, 2.75) is 26.5 Å². The van der Waals surface area contributed by atoms with Crippen LogP contribution in [0.1, 0.15) is 38.9 Å². The summed E-state index contributed by atoms with van der Waals surface area (Å²) in [4.78, 5) is 25.2. The quantitative estimate of drug-likeness (QED) is 0.426. The van der Waals surface area contributed by atoms with Crippen molar-refractivity contribution in [1.82, 2.24) is 9.78 Å². The number of aromatic nitrogens is 2. The predicted octanol–water partition coefficient (Wildman–Crippen LogP) is 4.33. The van der Waals surface area contributed by atoms with Gasteiger partial charge in [-0.1, -0.05) is 41.9 Å². The van der Waals surface area contributed by atoms with Gasteiger partial charge in [0.05, 0.1) is 19.3 Å². The van der Waals surface area contributed by atoms with Gasteiger partial charge in [-0.2, -0.15) is 5.10 Å². The number of Topliss-reactive ketones (excluding diaryl/α,β-unsaturated/α-hetero) is 1. The molecule has 0 saturated heterocycles. The van der Waals surface area contributed by atoms with Crippen molar-refractivity contribution in [1.29, 1.82) is 0 Å². The zero-order valence-corrected chi connectivity index (χ0v) is 17.1. The highest BCUT2D eigenvalue weighted by Gasteiger charge is 2.26. The second-order valence-corrected chi connectivity index (χ2v) is 6.89. The summed E-state index contributed by atoms with van der Waals surface area (Å²) in [6, 6.07) is 16.3. The van der Waals surface area contributed by atoms with Crippen LogP contribution in [0.15, 0.2) is 54.6 Å². The summed E-state index contributed by atoms with van der Waals surface area (Å²) in [6.45, 7) is 3.64. The van der Waals surface area contributed by atoms with Gasteiger partial charge in [0.1, 0.15) is 16.5 Å². The van der Waals surface area contributed by atoms with E-state index in [1.54, 1.807) is 43.0 Å². The lowest BCUT2D eigenvalue weighted by Crippen LogP contribution is -2.24. The number of benzene rings is 2. The largest absolute Gasteiger partial charge is 0.497 e. The Labute approximate surface area is 174 Å². The van der Waals surface area contributed by atoms with E-state index in [9.17, 15) is 9.59 Å². The summed E-state index contributed by atoms with van der Waals surface area (Å²) < 4.78 is 12.0. The van der Waals surface area contributed by atoms with Crippen molar-refractivity contribution in [3.05, 3.63) is 82.1 Å². The summed E-state index contributed by atoms with van der Waals surface area (Å²) >= 11 is 6.39. The van der Waals surface area contributed by atoms with Gasteiger partial charge in [-0.25, -0.2) is 9.48 Å². The number of methoxy groups -OCH3 is 1. The highest BCUT2D eigenvalue weighted by molar-refractivity contribution is 6.32. The summed E-state index contributed by atoms with van der Waals surface area (Å²) in [5.41, 5.74) is 2.03. The number of carbonyl (C=O) groups is 2. The lowest BCUT2D eigenvalue weighted by Gasteiger charge is -2.12. The Kier molecular flexibility index (Phi) is 6.34. The second kappa shape index (κ2) is 8.92. The van der Waals surface area contributed by atoms with Crippen molar-refractivity contribution >= 4 is 23.4 Å². The van der Waals surface area contributed by atoms with E-state index in [0.29, 0.717) is 23.6 Å². The minimum Gasteiger partial charge on any atom is -0.497 e. The Morgan fingerprint density at radius 2 is 1.76 bits per heavy atom. The van der Waals surface area contributed by atoms with Crippen LogP contribution in [0.2, 0.25) is 5.15 Å². The summed E-state index contributed by atoms with van der Waals surface area (Å²) in [5, 5.41) is 4.52. The van der Waals surface area contributed by atoms with Crippen LogP contribution >= 0.6 is 11.6 Å². The fraction of sp³-hybridized carbons (Fsp3) is 0.227. The van der Waals surface area contributed by atoms with Crippen LogP contribution < -0.4 is 4.74 Å². The number of aryl methyl sites for hydroxylation is 1. The Morgan fingerprint density at radius 1 is 1.10 bits per heavy atom. The molecule has 0 N–H and O–H groups in total. The molecule has 3 aromatic rings. The number of ether oxygens (including phenoxy) is 2. The van der Waals surface area contributed by atoms with Crippen molar-refractivity contribution in [2.75, 3.05) is 7.11 Å². The number of nitrogens with zero attached hydrogens (tertiary/aromatic N) is 2. The first-order chi connectivity index (χ1) is 13.9. The standard InChI is InChI=1S/C22H21ClN2O4/c1-14-19(21(23)25(24-14)13-16-7-5-4-6-8-16)22(27)29-15(2)20(26)17-9-11-18(28-3)12-10-17/h4-12,15H,13H2,1-3H3/t15-/m1/s1. The molecule has 1 atom stereocenters. The van der Waals surface area contributed by atoms with Crippen LogP contribution in [-0.2, 0) is 11.3 Å². The molecule has 0 bridgehead atoms. The maximum atomic E-state index is 12.7. The molecule has 7 heteroatoms. The van der Waals surface area contributed by atoms with Gasteiger partial charge in [-0.3, -0.25) is 4.79 Å². The Balaban J connectivity index is 1.73. The lowest BCUT2D eigenvalue weighted by molar-refractivity contribution is 0.0318. The molecule has 0 fully saturated rings. The zero-order chi connectivity index (χ0) is 21.0. The van der Waals surface area contributed by atoms with Crippen molar-refractivity contribution in [3.8, 4) is 5.75 Å². The fourth-order valence-corrected chi connectivity index (χ4v) is 3.22. The fourth-order valence-electron chi connectivity index (χ4n) is 2.91.